The summed E-state index contributed by atoms with van der Waals surface area (Å²) in [7, 11) is 0. The topological polar surface area (TPSA) is 33.4 Å². The maximum atomic E-state index is 10.1. The van der Waals surface area contributed by atoms with Gasteiger partial charge >= 0.3 is 0 Å². The zero-order valence-corrected chi connectivity index (χ0v) is 8.90. The highest BCUT2D eigenvalue weighted by molar-refractivity contribution is 5.38. The molecule has 0 aliphatic carbocycles. The third-order valence-electron chi connectivity index (χ3n) is 2.63. The molecule has 0 saturated carbocycles. The molecule has 0 aliphatic heterocycles. The second-order valence-corrected chi connectivity index (χ2v) is 3.72. The molecule has 1 aromatic carbocycles. The Morgan fingerprint density at radius 3 is 2.27 bits per heavy atom. The molecule has 0 spiro atoms. The van der Waals surface area contributed by atoms with E-state index in [1.165, 1.54) is 0 Å². The Labute approximate surface area is 89.2 Å². The van der Waals surface area contributed by atoms with E-state index >= 15 is 0 Å². The zero-order valence-electron chi connectivity index (χ0n) is 8.90. The fourth-order valence-electron chi connectivity index (χ4n) is 1.85. The summed E-state index contributed by atoms with van der Waals surface area (Å²) in [6.07, 6.45) is 0.910. The van der Waals surface area contributed by atoms with Gasteiger partial charge in [-0.3, -0.25) is 0 Å². The van der Waals surface area contributed by atoms with E-state index in [0.29, 0.717) is 5.76 Å². The molecule has 2 rings (SSSR count). The highest BCUT2D eigenvalue weighted by Crippen LogP contribution is 2.27. The Balaban J connectivity index is 2.46. The first-order valence-electron chi connectivity index (χ1n) is 4.97. The Bertz CT molecular complexity index is 423. The molecule has 0 fully saturated rings. The van der Waals surface area contributed by atoms with Gasteiger partial charge in [-0.1, -0.05) is 18.2 Å². The Morgan fingerprint density at radius 2 is 1.73 bits per heavy atom. The van der Waals surface area contributed by atoms with E-state index in [2.05, 4.69) is 0 Å². The predicted octanol–water partition coefficient (Wildman–Crippen LogP) is 2.98. The number of furan rings is 1. The highest BCUT2D eigenvalue weighted by Gasteiger charge is 2.16. The second kappa shape index (κ2) is 3.91. The first-order valence-corrected chi connectivity index (χ1v) is 4.97. The fourth-order valence-corrected chi connectivity index (χ4v) is 1.85. The van der Waals surface area contributed by atoms with Gasteiger partial charge < -0.3 is 9.52 Å². The molecule has 1 atom stereocenters. The van der Waals surface area contributed by atoms with E-state index < -0.39 is 6.10 Å². The number of benzene rings is 1. The van der Waals surface area contributed by atoms with Crippen molar-refractivity contribution in [3.63, 3.8) is 0 Å². The van der Waals surface area contributed by atoms with Crippen LogP contribution in [0, 0.1) is 13.8 Å². The van der Waals surface area contributed by atoms with E-state index in [9.17, 15) is 5.11 Å². The van der Waals surface area contributed by atoms with E-state index in [-0.39, 0.29) is 0 Å². The van der Waals surface area contributed by atoms with Gasteiger partial charge in [0.15, 0.2) is 0 Å². The minimum absolute atomic E-state index is 0.590. The third-order valence-corrected chi connectivity index (χ3v) is 2.63. The van der Waals surface area contributed by atoms with Gasteiger partial charge in [0.2, 0.25) is 0 Å². The van der Waals surface area contributed by atoms with Crippen molar-refractivity contribution in [1.29, 1.82) is 0 Å². The largest absolute Gasteiger partial charge is 0.466 e. The predicted molar refractivity (Wildman–Crippen MR) is 58.7 cm³/mol. The van der Waals surface area contributed by atoms with Crippen LogP contribution in [0.3, 0.4) is 0 Å². The lowest BCUT2D eigenvalue weighted by molar-refractivity contribution is 0.188. The summed E-state index contributed by atoms with van der Waals surface area (Å²) in [5.41, 5.74) is 3.10. The number of aliphatic hydroxyl groups excluding tert-OH is 1. The SMILES string of the molecule is Cc1cccc(C)c1C(O)c1ccco1. The molecule has 0 saturated heterocycles. The van der Waals surface area contributed by atoms with Crippen molar-refractivity contribution in [2.45, 2.75) is 20.0 Å². The van der Waals surface area contributed by atoms with Crippen LogP contribution in [0.15, 0.2) is 41.0 Å². The first kappa shape index (κ1) is 9.99. The van der Waals surface area contributed by atoms with Crippen molar-refractivity contribution in [2.24, 2.45) is 0 Å². The van der Waals surface area contributed by atoms with Crippen LogP contribution in [-0.2, 0) is 0 Å². The van der Waals surface area contributed by atoms with E-state index in [1.807, 2.05) is 32.0 Å². The monoisotopic (exact) mass is 202 g/mol. The summed E-state index contributed by atoms with van der Waals surface area (Å²) < 4.78 is 5.21. The van der Waals surface area contributed by atoms with Gasteiger partial charge in [-0.25, -0.2) is 0 Å². The number of hydrogen-bond donors (Lipinski definition) is 1. The van der Waals surface area contributed by atoms with Gasteiger partial charge in [0, 0.05) is 0 Å². The summed E-state index contributed by atoms with van der Waals surface area (Å²) in [5.74, 6) is 0.590. The van der Waals surface area contributed by atoms with Crippen LogP contribution in [0.5, 0.6) is 0 Å². The lowest BCUT2D eigenvalue weighted by Gasteiger charge is -2.14. The van der Waals surface area contributed by atoms with Crippen molar-refractivity contribution in [2.75, 3.05) is 0 Å². The van der Waals surface area contributed by atoms with E-state index in [0.717, 1.165) is 16.7 Å². The number of rotatable bonds is 2. The lowest BCUT2D eigenvalue weighted by Crippen LogP contribution is -2.03. The molecule has 0 aliphatic rings. The minimum Gasteiger partial charge on any atom is -0.466 e. The van der Waals surface area contributed by atoms with Gasteiger partial charge in [-0.2, -0.15) is 0 Å². The van der Waals surface area contributed by atoms with Crippen molar-refractivity contribution in [3.05, 3.63) is 59.0 Å². The normalized spacial score (nSPS) is 12.7. The maximum Gasteiger partial charge on any atom is 0.137 e. The van der Waals surface area contributed by atoms with Crippen molar-refractivity contribution >= 4 is 0 Å². The molecule has 78 valence electrons. The molecule has 2 heteroatoms. The summed E-state index contributed by atoms with van der Waals surface area (Å²) >= 11 is 0. The van der Waals surface area contributed by atoms with Crippen LogP contribution >= 0.6 is 0 Å². The Hall–Kier alpha value is -1.54. The van der Waals surface area contributed by atoms with Crippen molar-refractivity contribution in [3.8, 4) is 0 Å². The van der Waals surface area contributed by atoms with E-state index in [4.69, 9.17) is 4.42 Å². The molecular formula is C13H14O2. The molecule has 1 aromatic heterocycles. The number of aryl methyl sites for hydroxylation is 2. The highest BCUT2D eigenvalue weighted by atomic mass is 16.4. The van der Waals surface area contributed by atoms with Crippen LogP contribution in [0.2, 0.25) is 0 Å². The van der Waals surface area contributed by atoms with Crippen LogP contribution in [0.1, 0.15) is 28.6 Å². The third kappa shape index (κ3) is 1.81. The first-order chi connectivity index (χ1) is 7.20. The summed E-state index contributed by atoms with van der Waals surface area (Å²) in [4.78, 5) is 0. The van der Waals surface area contributed by atoms with E-state index in [1.54, 1.807) is 18.4 Å². The fraction of sp³-hybridized carbons (Fsp3) is 0.231. The molecule has 1 unspecified atom stereocenters. The molecular weight excluding hydrogens is 188 g/mol. The molecule has 1 N–H and O–H groups in total. The lowest BCUT2D eigenvalue weighted by atomic mass is 9.97. The Morgan fingerprint density at radius 1 is 1.07 bits per heavy atom. The molecule has 1 heterocycles. The Kier molecular flexibility index (Phi) is 2.60. The summed E-state index contributed by atoms with van der Waals surface area (Å²) in [6.45, 7) is 3.99. The van der Waals surface area contributed by atoms with Gasteiger partial charge in [-0.05, 0) is 42.7 Å². The standard InChI is InChI=1S/C13H14O2/c1-9-5-3-6-10(2)12(9)13(14)11-7-4-8-15-11/h3-8,13-14H,1-2H3. The molecule has 0 radical (unpaired) electrons. The molecule has 2 nitrogen and oxygen atoms in total. The molecule has 15 heavy (non-hydrogen) atoms. The number of aliphatic hydroxyl groups is 1. The van der Waals surface area contributed by atoms with Crippen LogP contribution < -0.4 is 0 Å². The van der Waals surface area contributed by atoms with Gasteiger partial charge in [0.1, 0.15) is 11.9 Å². The van der Waals surface area contributed by atoms with Crippen molar-refractivity contribution < 1.29 is 9.52 Å². The van der Waals surface area contributed by atoms with Crippen LogP contribution in [0.4, 0.5) is 0 Å². The molecule has 2 aromatic rings. The van der Waals surface area contributed by atoms with Crippen LogP contribution in [0.25, 0.3) is 0 Å². The van der Waals surface area contributed by atoms with Gasteiger partial charge in [0.25, 0.3) is 0 Å². The average Bonchev–Trinajstić information content (AvgIpc) is 2.69. The van der Waals surface area contributed by atoms with Crippen LogP contribution in [-0.4, -0.2) is 5.11 Å². The molecule has 0 amide bonds. The average molecular weight is 202 g/mol. The molecule has 0 bridgehead atoms. The quantitative estimate of drug-likeness (QED) is 0.812. The summed E-state index contributed by atoms with van der Waals surface area (Å²) in [5, 5.41) is 10.1. The smallest absolute Gasteiger partial charge is 0.137 e. The summed E-state index contributed by atoms with van der Waals surface area (Å²) in [6, 6.07) is 9.55. The minimum atomic E-state index is -0.666. The maximum absolute atomic E-state index is 10.1. The number of hydrogen-bond acceptors (Lipinski definition) is 2. The van der Waals surface area contributed by atoms with Crippen molar-refractivity contribution in [1.82, 2.24) is 0 Å². The van der Waals surface area contributed by atoms with Gasteiger partial charge in [-0.15, -0.1) is 0 Å². The second-order valence-electron chi connectivity index (χ2n) is 3.72. The zero-order chi connectivity index (χ0) is 10.8. The van der Waals surface area contributed by atoms with Gasteiger partial charge in [0.05, 0.1) is 6.26 Å².